The molecule has 0 aromatic rings. The summed E-state index contributed by atoms with van der Waals surface area (Å²) in [6.07, 6.45) is 13.1. The lowest BCUT2D eigenvalue weighted by molar-refractivity contribution is -0.158. The number of allylic oxidation sites excluding steroid dienone is 2. The minimum Gasteiger partial charge on any atom is -0.300 e. The smallest absolute Gasteiger partial charge is 0.137 e. The number of Topliss-reactive ketones (excluding diaryl/α,β-unsaturated/α-hetero) is 2. The number of ketones is 2. The third-order valence-electron chi connectivity index (χ3n) is 10.8. The van der Waals surface area contributed by atoms with Gasteiger partial charge in [0.05, 0.1) is 0 Å². The van der Waals surface area contributed by atoms with E-state index >= 15 is 0 Å². The van der Waals surface area contributed by atoms with E-state index in [-0.39, 0.29) is 11.3 Å². The van der Waals surface area contributed by atoms with Crippen LogP contribution in [0.4, 0.5) is 0 Å². The van der Waals surface area contributed by atoms with Crippen LogP contribution in [0, 0.1) is 58.2 Å². The summed E-state index contributed by atoms with van der Waals surface area (Å²) in [6, 6.07) is 0. The molecule has 0 radical (unpaired) electrons. The van der Waals surface area contributed by atoms with E-state index < -0.39 is 0 Å². The van der Waals surface area contributed by atoms with Gasteiger partial charge in [0, 0.05) is 25.2 Å². The van der Waals surface area contributed by atoms with Crippen molar-refractivity contribution in [2.75, 3.05) is 0 Å². The van der Waals surface area contributed by atoms with Crippen LogP contribution < -0.4 is 0 Å². The molecule has 0 N–H and O–H groups in total. The van der Waals surface area contributed by atoms with Gasteiger partial charge >= 0.3 is 0 Å². The summed E-state index contributed by atoms with van der Waals surface area (Å²) in [4.78, 5) is 25.3. The molecule has 0 amide bonds. The van der Waals surface area contributed by atoms with E-state index in [2.05, 4.69) is 53.7 Å². The van der Waals surface area contributed by atoms with Crippen LogP contribution in [0.5, 0.6) is 0 Å². The lowest BCUT2D eigenvalue weighted by Gasteiger charge is -2.59. The number of hydrogen-bond donors (Lipinski definition) is 0. The highest BCUT2D eigenvalue weighted by Gasteiger charge is 2.62. The summed E-state index contributed by atoms with van der Waals surface area (Å²) >= 11 is 0. The maximum Gasteiger partial charge on any atom is 0.137 e. The summed E-state index contributed by atoms with van der Waals surface area (Å²) in [5.74, 6) is 5.34. The Morgan fingerprint density at radius 2 is 1.57 bits per heavy atom. The van der Waals surface area contributed by atoms with Gasteiger partial charge in [0.25, 0.3) is 0 Å². The number of rotatable bonds is 4. The quantitative estimate of drug-likeness (QED) is 0.472. The van der Waals surface area contributed by atoms with Gasteiger partial charge < -0.3 is 0 Å². The molecule has 0 aromatic heterocycles. The van der Waals surface area contributed by atoms with E-state index in [0.29, 0.717) is 65.3 Å². The predicted molar refractivity (Wildman–Crippen MR) is 123 cm³/mol. The fourth-order valence-electron chi connectivity index (χ4n) is 8.45. The van der Waals surface area contributed by atoms with Crippen LogP contribution in [-0.2, 0) is 9.59 Å². The molecule has 0 bridgehead atoms. The van der Waals surface area contributed by atoms with Crippen LogP contribution in [0.25, 0.3) is 0 Å². The molecule has 4 fully saturated rings. The average Bonchev–Trinajstić information content (AvgIpc) is 3.04. The molecule has 0 unspecified atom stereocenters. The highest BCUT2D eigenvalue weighted by atomic mass is 16.1. The largest absolute Gasteiger partial charge is 0.300 e. The summed E-state index contributed by atoms with van der Waals surface area (Å²) < 4.78 is 0. The molecule has 9 atom stereocenters. The van der Waals surface area contributed by atoms with Gasteiger partial charge in [0.2, 0.25) is 0 Å². The molecule has 0 spiro atoms. The first kappa shape index (κ1) is 22.3. The first-order chi connectivity index (χ1) is 14.1. The Bertz CT molecular complexity index is 720. The molecular formula is C28H44O2. The van der Waals surface area contributed by atoms with Gasteiger partial charge in [0.15, 0.2) is 0 Å². The number of fused-ring (bicyclic) bond motifs is 5. The minimum absolute atomic E-state index is 0.0148. The topological polar surface area (TPSA) is 34.1 Å². The third-order valence-corrected chi connectivity index (χ3v) is 10.8. The van der Waals surface area contributed by atoms with Gasteiger partial charge in [-0.3, -0.25) is 9.59 Å². The number of carbonyl (C=O) groups is 2. The molecule has 4 aliphatic rings. The van der Waals surface area contributed by atoms with E-state index in [1.165, 1.54) is 25.7 Å². The summed E-state index contributed by atoms with van der Waals surface area (Å²) in [5.41, 5.74) is 0.450. The van der Waals surface area contributed by atoms with Crippen molar-refractivity contribution in [1.82, 2.24) is 0 Å². The van der Waals surface area contributed by atoms with E-state index in [1.807, 2.05) is 0 Å². The van der Waals surface area contributed by atoms with Crippen LogP contribution in [0.15, 0.2) is 12.2 Å². The predicted octanol–water partition coefficient (Wildman–Crippen LogP) is 6.88. The van der Waals surface area contributed by atoms with Crippen LogP contribution in [0.3, 0.4) is 0 Å². The highest BCUT2D eigenvalue weighted by Crippen LogP contribution is 2.67. The van der Waals surface area contributed by atoms with Crippen molar-refractivity contribution >= 4 is 11.6 Å². The Morgan fingerprint density at radius 1 is 0.867 bits per heavy atom. The van der Waals surface area contributed by atoms with Crippen LogP contribution in [-0.4, -0.2) is 11.6 Å². The maximum absolute atomic E-state index is 13.2. The van der Waals surface area contributed by atoms with Gasteiger partial charge in [0.1, 0.15) is 11.6 Å². The molecule has 168 valence electrons. The molecule has 0 aliphatic heterocycles. The van der Waals surface area contributed by atoms with Gasteiger partial charge in [-0.2, -0.15) is 0 Å². The van der Waals surface area contributed by atoms with Crippen LogP contribution in [0.2, 0.25) is 0 Å². The Hall–Kier alpha value is -0.920. The molecule has 0 saturated heterocycles. The summed E-state index contributed by atoms with van der Waals surface area (Å²) in [7, 11) is 0. The van der Waals surface area contributed by atoms with Crippen molar-refractivity contribution in [3.05, 3.63) is 12.2 Å². The Kier molecular flexibility index (Phi) is 5.86. The Morgan fingerprint density at radius 3 is 2.27 bits per heavy atom. The summed E-state index contributed by atoms with van der Waals surface area (Å²) in [6.45, 7) is 14.3. The molecule has 4 saturated carbocycles. The second-order valence-electron chi connectivity index (χ2n) is 12.4. The zero-order valence-electron chi connectivity index (χ0n) is 20.2. The zero-order chi connectivity index (χ0) is 21.8. The van der Waals surface area contributed by atoms with E-state index in [9.17, 15) is 9.59 Å². The third kappa shape index (κ3) is 3.45. The molecule has 4 rings (SSSR count). The van der Waals surface area contributed by atoms with Crippen molar-refractivity contribution in [2.24, 2.45) is 58.2 Å². The van der Waals surface area contributed by atoms with Crippen molar-refractivity contribution < 1.29 is 9.59 Å². The number of hydrogen-bond acceptors (Lipinski definition) is 2. The molecule has 4 aliphatic carbocycles. The van der Waals surface area contributed by atoms with E-state index in [4.69, 9.17) is 0 Å². The number of carbonyl (C=O) groups excluding carboxylic acids is 2. The average molecular weight is 413 g/mol. The second kappa shape index (κ2) is 7.89. The molecule has 2 heteroatoms. The van der Waals surface area contributed by atoms with Gasteiger partial charge in [-0.25, -0.2) is 0 Å². The maximum atomic E-state index is 13.2. The molecular weight excluding hydrogens is 368 g/mol. The highest BCUT2D eigenvalue weighted by molar-refractivity contribution is 5.90. The molecule has 2 nitrogen and oxygen atoms in total. The van der Waals surface area contributed by atoms with E-state index in [1.54, 1.807) is 0 Å². The van der Waals surface area contributed by atoms with Crippen LogP contribution in [0.1, 0.15) is 92.9 Å². The van der Waals surface area contributed by atoms with Crippen LogP contribution >= 0.6 is 0 Å². The molecule has 0 heterocycles. The minimum atomic E-state index is 0.0148. The fraction of sp³-hybridized carbons (Fsp3) is 0.857. The zero-order valence-corrected chi connectivity index (χ0v) is 20.2. The normalized spacial score (nSPS) is 45.9. The van der Waals surface area contributed by atoms with Crippen molar-refractivity contribution in [3.8, 4) is 0 Å². The van der Waals surface area contributed by atoms with E-state index in [0.717, 1.165) is 18.8 Å². The Balaban J connectivity index is 1.55. The SMILES string of the molecule is CC(C)[C@@H](C)/C=C/[C@@H](C)[C@H]1CC[C@H]2[C@@H]3CC(=O)[C@H]4CC(=O)CC[C@]4(C)[C@H]3CC[C@]12C. The molecule has 0 aromatic carbocycles. The second-order valence-corrected chi connectivity index (χ2v) is 12.4. The standard InChI is InChI=1S/C28H44O2/c1-17(2)18(3)7-8-19(4)22-9-10-23-21-16-26(30)25-15-20(29)11-13-28(25,6)24(21)12-14-27(22,23)5/h7-8,17-19,21-25H,9-16H2,1-6H3/b8-7+/t18-,19+,21-,22+,23-,24-,25+,27+,28+/m0/s1. The monoisotopic (exact) mass is 412 g/mol. The Labute approximate surface area is 184 Å². The first-order valence-electron chi connectivity index (χ1n) is 12.8. The van der Waals surface area contributed by atoms with Gasteiger partial charge in [-0.1, -0.05) is 53.7 Å². The van der Waals surface area contributed by atoms with Gasteiger partial charge in [-0.15, -0.1) is 0 Å². The lowest BCUT2D eigenvalue weighted by Crippen LogP contribution is -2.56. The summed E-state index contributed by atoms with van der Waals surface area (Å²) in [5, 5.41) is 0. The van der Waals surface area contributed by atoms with Crippen molar-refractivity contribution in [3.63, 3.8) is 0 Å². The molecule has 30 heavy (non-hydrogen) atoms. The van der Waals surface area contributed by atoms with Crippen molar-refractivity contribution in [1.29, 1.82) is 0 Å². The first-order valence-corrected chi connectivity index (χ1v) is 12.8. The van der Waals surface area contributed by atoms with Gasteiger partial charge in [-0.05, 0) is 84.4 Å². The fourth-order valence-corrected chi connectivity index (χ4v) is 8.45. The lowest BCUT2D eigenvalue weighted by atomic mass is 9.44. The van der Waals surface area contributed by atoms with Crippen molar-refractivity contribution in [2.45, 2.75) is 92.9 Å².